The van der Waals surface area contributed by atoms with Crippen molar-refractivity contribution in [3.8, 4) is 0 Å². The fraction of sp³-hybridized carbons (Fsp3) is 0.889. The molecule has 0 atom stereocenters. The molecule has 0 rings (SSSR count). The van der Waals surface area contributed by atoms with E-state index in [4.69, 9.17) is 0 Å². The topological polar surface area (TPSA) is 85.8 Å². The second-order valence-electron chi connectivity index (χ2n) is 7.02. The fourth-order valence-corrected chi connectivity index (χ4v) is 2.57. The number of hydrogen-bond donors (Lipinski definition) is 4. The number of carbonyl (C=O) groups is 1. The number of aliphatic imine (C=N–C) groups is 1. The maximum Gasteiger partial charge on any atom is 0.227 e. The number of aliphatic hydroxyl groups is 1. The molecular formula is C18H39IN4O2. The van der Waals surface area contributed by atoms with E-state index >= 15 is 0 Å². The molecule has 0 aromatic heterocycles. The summed E-state index contributed by atoms with van der Waals surface area (Å²) in [4.78, 5) is 16.6. The Morgan fingerprint density at radius 1 is 0.960 bits per heavy atom. The maximum absolute atomic E-state index is 12.1. The zero-order valence-electron chi connectivity index (χ0n) is 16.9. The summed E-state index contributed by atoms with van der Waals surface area (Å²) in [6.07, 6.45) is 3.35. The van der Waals surface area contributed by atoms with Gasteiger partial charge in [-0.3, -0.25) is 9.79 Å². The first kappa shape index (κ1) is 26.7. The molecule has 0 spiro atoms. The summed E-state index contributed by atoms with van der Waals surface area (Å²) >= 11 is 0. The van der Waals surface area contributed by atoms with Crippen LogP contribution in [0.5, 0.6) is 0 Å². The Hall–Kier alpha value is -0.570. The lowest BCUT2D eigenvalue weighted by Gasteiger charge is -2.27. The summed E-state index contributed by atoms with van der Waals surface area (Å²) in [7, 11) is 0. The molecule has 0 saturated carbocycles. The van der Waals surface area contributed by atoms with E-state index in [1.165, 1.54) is 0 Å². The standard InChI is InChI=1S/C18H38N4O2.HI/c1-7-11-18(24,12-8-2)14-22-16(20-10-4)21-13-17(5,6)15(23)19-9-3;/h24H,7-14H2,1-6H3,(H,19,23)(H2,20,21,22);1H. The van der Waals surface area contributed by atoms with Crippen molar-refractivity contribution in [1.29, 1.82) is 0 Å². The molecule has 0 aliphatic rings. The fourth-order valence-electron chi connectivity index (χ4n) is 2.57. The van der Waals surface area contributed by atoms with Gasteiger partial charge in [-0.2, -0.15) is 0 Å². The Bertz CT molecular complexity index is 395. The third-order valence-corrected chi connectivity index (χ3v) is 3.96. The van der Waals surface area contributed by atoms with Crippen LogP contribution in [0, 0.1) is 5.41 Å². The number of carbonyl (C=O) groups excluding carboxylic acids is 1. The van der Waals surface area contributed by atoms with E-state index < -0.39 is 11.0 Å². The molecule has 0 fully saturated rings. The third-order valence-electron chi connectivity index (χ3n) is 3.96. The molecule has 7 heteroatoms. The van der Waals surface area contributed by atoms with Gasteiger partial charge in [-0.05, 0) is 40.5 Å². The van der Waals surface area contributed by atoms with E-state index in [1.807, 2.05) is 27.7 Å². The first-order chi connectivity index (χ1) is 11.2. The monoisotopic (exact) mass is 470 g/mol. The minimum absolute atomic E-state index is 0. The number of halogens is 1. The van der Waals surface area contributed by atoms with Gasteiger partial charge in [0.25, 0.3) is 0 Å². The lowest BCUT2D eigenvalue weighted by Crippen LogP contribution is -2.48. The van der Waals surface area contributed by atoms with Crippen molar-refractivity contribution in [2.24, 2.45) is 10.4 Å². The van der Waals surface area contributed by atoms with Gasteiger partial charge in [-0.15, -0.1) is 24.0 Å². The first-order valence-electron chi connectivity index (χ1n) is 9.27. The van der Waals surface area contributed by atoms with Crippen molar-refractivity contribution in [3.63, 3.8) is 0 Å². The molecule has 0 heterocycles. The van der Waals surface area contributed by atoms with Gasteiger partial charge in [0, 0.05) is 19.6 Å². The molecule has 6 nitrogen and oxygen atoms in total. The van der Waals surface area contributed by atoms with Crippen LogP contribution in [-0.2, 0) is 4.79 Å². The zero-order valence-corrected chi connectivity index (χ0v) is 19.2. The Balaban J connectivity index is 0. The summed E-state index contributed by atoms with van der Waals surface area (Å²) in [5, 5.41) is 19.9. The van der Waals surface area contributed by atoms with Crippen LogP contribution in [-0.4, -0.2) is 48.8 Å². The molecule has 150 valence electrons. The number of rotatable bonds is 11. The van der Waals surface area contributed by atoms with Gasteiger partial charge >= 0.3 is 0 Å². The molecule has 0 aliphatic carbocycles. The van der Waals surface area contributed by atoms with Crippen LogP contribution >= 0.6 is 24.0 Å². The predicted octanol–water partition coefficient (Wildman–Crippen LogP) is 2.65. The molecule has 4 N–H and O–H groups in total. The molecule has 0 aliphatic heterocycles. The molecule has 0 aromatic carbocycles. The summed E-state index contributed by atoms with van der Waals surface area (Å²) in [5.41, 5.74) is -1.28. The molecule has 0 aromatic rings. The van der Waals surface area contributed by atoms with Gasteiger partial charge in [0.1, 0.15) is 0 Å². The van der Waals surface area contributed by atoms with Crippen molar-refractivity contribution in [3.05, 3.63) is 0 Å². The molecular weight excluding hydrogens is 431 g/mol. The Morgan fingerprint density at radius 2 is 1.48 bits per heavy atom. The van der Waals surface area contributed by atoms with Crippen LogP contribution in [0.25, 0.3) is 0 Å². The highest BCUT2D eigenvalue weighted by atomic mass is 127. The summed E-state index contributed by atoms with van der Waals surface area (Å²) in [6.45, 7) is 14.1. The quantitative estimate of drug-likeness (QED) is 0.213. The molecule has 1 amide bonds. The van der Waals surface area contributed by atoms with E-state index in [9.17, 15) is 9.90 Å². The Kier molecular flexibility index (Phi) is 14.5. The van der Waals surface area contributed by atoms with E-state index in [0.717, 1.165) is 32.2 Å². The second-order valence-corrected chi connectivity index (χ2v) is 7.02. The van der Waals surface area contributed by atoms with E-state index in [2.05, 4.69) is 34.8 Å². The molecule has 0 bridgehead atoms. The van der Waals surface area contributed by atoms with E-state index in [-0.39, 0.29) is 29.9 Å². The smallest absolute Gasteiger partial charge is 0.227 e. The van der Waals surface area contributed by atoms with Crippen LogP contribution in [0.2, 0.25) is 0 Å². The Morgan fingerprint density at radius 3 is 1.92 bits per heavy atom. The molecule has 0 unspecified atom stereocenters. The lowest BCUT2D eigenvalue weighted by atomic mass is 9.92. The highest BCUT2D eigenvalue weighted by Gasteiger charge is 2.28. The van der Waals surface area contributed by atoms with Crippen LogP contribution in [0.4, 0.5) is 0 Å². The van der Waals surface area contributed by atoms with Crippen molar-refractivity contribution < 1.29 is 9.90 Å². The minimum Gasteiger partial charge on any atom is -0.388 e. The molecule has 0 saturated heterocycles. The number of amides is 1. The van der Waals surface area contributed by atoms with Crippen molar-refractivity contribution >= 4 is 35.8 Å². The average molecular weight is 470 g/mol. The van der Waals surface area contributed by atoms with Crippen molar-refractivity contribution in [2.75, 3.05) is 26.2 Å². The van der Waals surface area contributed by atoms with Gasteiger partial charge in [0.2, 0.25) is 5.91 Å². The second kappa shape index (κ2) is 13.6. The minimum atomic E-state index is -0.749. The third kappa shape index (κ3) is 10.9. The van der Waals surface area contributed by atoms with Gasteiger partial charge in [-0.25, -0.2) is 0 Å². The Labute approximate surface area is 171 Å². The molecule has 0 radical (unpaired) electrons. The number of guanidine groups is 1. The maximum atomic E-state index is 12.1. The van der Waals surface area contributed by atoms with Gasteiger partial charge < -0.3 is 21.1 Å². The first-order valence-corrected chi connectivity index (χ1v) is 9.27. The number of nitrogens with one attached hydrogen (secondary N) is 3. The van der Waals surface area contributed by atoms with Crippen LogP contribution in [0.3, 0.4) is 0 Å². The lowest BCUT2D eigenvalue weighted by molar-refractivity contribution is -0.128. The van der Waals surface area contributed by atoms with Gasteiger partial charge in [0.15, 0.2) is 5.96 Å². The zero-order chi connectivity index (χ0) is 18.6. The summed E-state index contributed by atoms with van der Waals surface area (Å²) in [5.74, 6) is 0.655. The van der Waals surface area contributed by atoms with E-state index in [0.29, 0.717) is 25.6 Å². The average Bonchev–Trinajstić information content (AvgIpc) is 2.51. The highest BCUT2D eigenvalue weighted by molar-refractivity contribution is 14.0. The normalized spacial score (nSPS) is 12.4. The van der Waals surface area contributed by atoms with E-state index in [1.54, 1.807) is 0 Å². The highest BCUT2D eigenvalue weighted by Crippen LogP contribution is 2.20. The predicted molar refractivity (Wildman–Crippen MR) is 117 cm³/mol. The summed E-state index contributed by atoms with van der Waals surface area (Å²) in [6, 6.07) is 0. The largest absolute Gasteiger partial charge is 0.388 e. The molecule has 25 heavy (non-hydrogen) atoms. The number of nitrogens with zero attached hydrogens (tertiary/aromatic N) is 1. The van der Waals surface area contributed by atoms with Crippen molar-refractivity contribution in [2.45, 2.75) is 72.8 Å². The van der Waals surface area contributed by atoms with Gasteiger partial charge in [0.05, 0.1) is 17.6 Å². The van der Waals surface area contributed by atoms with Crippen molar-refractivity contribution in [1.82, 2.24) is 16.0 Å². The van der Waals surface area contributed by atoms with Crippen LogP contribution < -0.4 is 16.0 Å². The van der Waals surface area contributed by atoms with Gasteiger partial charge in [-0.1, -0.05) is 26.7 Å². The summed E-state index contributed by atoms with van der Waals surface area (Å²) < 4.78 is 0. The van der Waals surface area contributed by atoms with Crippen LogP contribution in [0.1, 0.15) is 67.2 Å². The SMILES string of the molecule is CCCC(O)(CCC)CN=C(NCC)NCC(C)(C)C(=O)NCC.I. The number of hydrogen-bond acceptors (Lipinski definition) is 3. The van der Waals surface area contributed by atoms with Crippen LogP contribution in [0.15, 0.2) is 4.99 Å².